The Morgan fingerprint density at radius 1 is 1.14 bits per heavy atom. The van der Waals surface area contributed by atoms with Gasteiger partial charge in [-0.15, -0.1) is 0 Å². The summed E-state index contributed by atoms with van der Waals surface area (Å²) in [7, 11) is -6.70. The molecule has 0 bridgehead atoms. The van der Waals surface area contributed by atoms with E-state index in [2.05, 4.69) is 19.2 Å². The third-order valence-corrected chi connectivity index (χ3v) is 7.10. The summed E-state index contributed by atoms with van der Waals surface area (Å²) in [6.07, 6.45) is 3.81. The van der Waals surface area contributed by atoms with Crippen LogP contribution >= 0.6 is 0 Å². The van der Waals surface area contributed by atoms with Crippen molar-refractivity contribution >= 4 is 19.9 Å². The summed E-state index contributed by atoms with van der Waals surface area (Å²) in [6.45, 7) is 6.24. The Morgan fingerprint density at radius 2 is 1.71 bits per heavy atom. The van der Waals surface area contributed by atoms with Gasteiger partial charge in [0.05, 0.1) is 11.5 Å². The molecule has 0 aliphatic carbocycles. The van der Waals surface area contributed by atoms with Crippen LogP contribution in [0.15, 0.2) is 0 Å². The van der Waals surface area contributed by atoms with E-state index in [1.165, 1.54) is 4.31 Å². The van der Waals surface area contributed by atoms with Gasteiger partial charge in [0, 0.05) is 25.4 Å². The van der Waals surface area contributed by atoms with E-state index in [-0.39, 0.29) is 11.5 Å². The van der Waals surface area contributed by atoms with E-state index < -0.39 is 19.9 Å². The van der Waals surface area contributed by atoms with Crippen molar-refractivity contribution in [2.24, 2.45) is 5.92 Å². The predicted octanol–water partition coefficient (Wildman–Crippen LogP) is 0.461. The number of sulfonamides is 1. The highest BCUT2D eigenvalue weighted by atomic mass is 32.2. The van der Waals surface area contributed by atoms with Gasteiger partial charge in [-0.1, -0.05) is 6.92 Å². The number of sulfone groups is 1. The second-order valence-corrected chi connectivity index (χ2v) is 10.3. The summed E-state index contributed by atoms with van der Waals surface area (Å²) in [5.74, 6) is -0.123. The Hall–Kier alpha value is -0.180. The van der Waals surface area contributed by atoms with Gasteiger partial charge >= 0.3 is 0 Å². The van der Waals surface area contributed by atoms with Crippen LogP contribution in [-0.2, 0) is 19.9 Å². The summed E-state index contributed by atoms with van der Waals surface area (Å²) < 4.78 is 47.9. The summed E-state index contributed by atoms with van der Waals surface area (Å²) in [6, 6.07) is 0.394. The molecule has 1 fully saturated rings. The van der Waals surface area contributed by atoms with Crippen LogP contribution in [-0.4, -0.2) is 64.6 Å². The molecule has 1 atom stereocenters. The highest BCUT2D eigenvalue weighted by Gasteiger charge is 2.30. The third-order valence-electron chi connectivity index (χ3n) is 4.03. The van der Waals surface area contributed by atoms with Crippen molar-refractivity contribution < 1.29 is 16.8 Å². The maximum atomic E-state index is 12.1. The molecule has 1 rings (SSSR count). The van der Waals surface area contributed by atoms with E-state index in [1.807, 2.05) is 0 Å². The van der Waals surface area contributed by atoms with Crippen molar-refractivity contribution in [2.75, 3.05) is 37.4 Å². The number of nitrogens with zero attached hydrogens (tertiary/aromatic N) is 1. The zero-order chi connectivity index (χ0) is 16.1. The molecule has 6 nitrogen and oxygen atoms in total. The molecule has 0 aromatic rings. The van der Waals surface area contributed by atoms with Crippen LogP contribution in [0.2, 0.25) is 0 Å². The Kier molecular flexibility index (Phi) is 7.09. The molecule has 0 aromatic carbocycles. The van der Waals surface area contributed by atoms with Crippen molar-refractivity contribution in [3.8, 4) is 0 Å². The molecule has 1 aliphatic heterocycles. The van der Waals surface area contributed by atoms with Crippen molar-refractivity contribution in [2.45, 2.75) is 39.2 Å². The molecule has 1 aliphatic rings. The van der Waals surface area contributed by atoms with E-state index in [1.54, 1.807) is 0 Å². The summed E-state index contributed by atoms with van der Waals surface area (Å²) in [5, 5.41) is 3.45. The lowest BCUT2D eigenvalue weighted by atomic mass is 9.91. The van der Waals surface area contributed by atoms with Crippen molar-refractivity contribution in [3.63, 3.8) is 0 Å². The normalized spacial score (nSPS) is 20.5. The third kappa shape index (κ3) is 6.63. The van der Waals surface area contributed by atoms with Crippen LogP contribution in [0.4, 0.5) is 0 Å². The first-order valence-corrected chi connectivity index (χ1v) is 11.2. The number of hydrogen-bond donors (Lipinski definition) is 1. The van der Waals surface area contributed by atoms with E-state index in [0.717, 1.165) is 32.1 Å². The number of nitrogens with one attached hydrogen (secondary N) is 1. The fourth-order valence-corrected chi connectivity index (χ4v) is 5.66. The summed E-state index contributed by atoms with van der Waals surface area (Å²) in [5.41, 5.74) is 0. The number of piperidine rings is 1. The first kappa shape index (κ1) is 18.9. The Morgan fingerprint density at radius 3 is 2.19 bits per heavy atom. The summed E-state index contributed by atoms with van der Waals surface area (Å²) >= 11 is 0. The standard InChI is InChI=1S/C13H28N2O4S2/c1-4-7-14-12(2)13-5-8-15(9-6-13)21(18,19)11-10-20(3,16)17/h12-14H,4-11H2,1-3H3. The average Bonchev–Trinajstić information content (AvgIpc) is 2.42. The molecule has 1 heterocycles. The van der Waals surface area contributed by atoms with Gasteiger partial charge in [0.1, 0.15) is 9.84 Å². The van der Waals surface area contributed by atoms with Crippen LogP contribution in [0.1, 0.15) is 33.1 Å². The Labute approximate surface area is 129 Å². The fourth-order valence-electron chi connectivity index (χ4n) is 2.58. The number of rotatable bonds is 8. The summed E-state index contributed by atoms with van der Waals surface area (Å²) in [4.78, 5) is 0. The molecule has 0 amide bonds. The van der Waals surface area contributed by atoms with Gasteiger partial charge in [0.2, 0.25) is 10.0 Å². The first-order chi connectivity index (χ1) is 9.65. The molecule has 8 heteroatoms. The van der Waals surface area contributed by atoms with E-state index >= 15 is 0 Å². The van der Waals surface area contributed by atoms with Gasteiger partial charge in [-0.25, -0.2) is 21.1 Å². The van der Waals surface area contributed by atoms with Gasteiger partial charge in [0.15, 0.2) is 0 Å². The van der Waals surface area contributed by atoms with Crippen LogP contribution in [0.5, 0.6) is 0 Å². The quantitative estimate of drug-likeness (QED) is 0.694. The minimum Gasteiger partial charge on any atom is -0.314 e. The van der Waals surface area contributed by atoms with Crippen LogP contribution < -0.4 is 5.32 Å². The zero-order valence-corrected chi connectivity index (χ0v) is 14.8. The molecular formula is C13H28N2O4S2. The van der Waals surface area contributed by atoms with Crippen molar-refractivity contribution in [1.82, 2.24) is 9.62 Å². The van der Waals surface area contributed by atoms with Gasteiger partial charge in [-0.2, -0.15) is 0 Å². The van der Waals surface area contributed by atoms with Gasteiger partial charge in [-0.3, -0.25) is 0 Å². The Balaban J connectivity index is 2.48. The molecule has 0 saturated carbocycles. The maximum Gasteiger partial charge on any atom is 0.215 e. The van der Waals surface area contributed by atoms with E-state index in [0.29, 0.717) is 25.0 Å². The lowest BCUT2D eigenvalue weighted by Crippen LogP contribution is -2.45. The lowest BCUT2D eigenvalue weighted by Gasteiger charge is -2.34. The smallest absolute Gasteiger partial charge is 0.215 e. The second kappa shape index (κ2) is 7.89. The van der Waals surface area contributed by atoms with Gasteiger partial charge < -0.3 is 5.32 Å². The van der Waals surface area contributed by atoms with Crippen LogP contribution in [0.3, 0.4) is 0 Å². The largest absolute Gasteiger partial charge is 0.314 e. The Bertz CT molecular complexity index is 508. The first-order valence-electron chi connectivity index (χ1n) is 7.54. The SMILES string of the molecule is CCCNC(C)C1CCN(S(=O)(=O)CCS(C)(=O)=O)CC1. The van der Waals surface area contributed by atoms with E-state index in [9.17, 15) is 16.8 Å². The average molecular weight is 341 g/mol. The molecule has 0 radical (unpaired) electrons. The fraction of sp³-hybridized carbons (Fsp3) is 1.00. The molecule has 1 N–H and O–H groups in total. The van der Waals surface area contributed by atoms with Gasteiger partial charge in [0.25, 0.3) is 0 Å². The monoisotopic (exact) mass is 340 g/mol. The van der Waals surface area contributed by atoms with Crippen LogP contribution in [0.25, 0.3) is 0 Å². The minimum atomic E-state index is -3.45. The molecule has 0 aromatic heterocycles. The highest BCUT2D eigenvalue weighted by Crippen LogP contribution is 2.22. The molecule has 21 heavy (non-hydrogen) atoms. The second-order valence-electron chi connectivity index (χ2n) is 5.93. The molecule has 1 unspecified atom stereocenters. The minimum absolute atomic E-state index is 0.302. The zero-order valence-electron chi connectivity index (χ0n) is 13.2. The van der Waals surface area contributed by atoms with Crippen molar-refractivity contribution in [1.29, 1.82) is 0 Å². The predicted molar refractivity (Wildman–Crippen MR) is 85.6 cm³/mol. The van der Waals surface area contributed by atoms with Crippen molar-refractivity contribution in [3.05, 3.63) is 0 Å². The topological polar surface area (TPSA) is 83.6 Å². The number of hydrogen-bond acceptors (Lipinski definition) is 5. The lowest BCUT2D eigenvalue weighted by molar-refractivity contribution is 0.231. The molecule has 126 valence electrons. The maximum absolute atomic E-state index is 12.1. The molecule has 0 spiro atoms. The molecular weight excluding hydrogens is 312 g/mol. The highest BCUT2D eigenvalue weighted by molar-refractivity contribution is 7.93. The van der Waals surface area contributed by atoms with Crippen LogP contribution in [0, 0.1) is 5.92 Å². The molecule has 1 saturated heterocycles. The van der Waals surface area contributed by atoms with E-state index in [4.69, 9.17) is 0 Å². The van der Waals surface area contributed by atoms with Gasteiger partial charge in [-0.05, 0) is 38.6 Å².